The first-order valence-corrected chi connectivity index (χ1v) is 11.6. The molecular weight excluding hydrogens is 414 g/mol. The molecule has 0 aliphatic carbocycles. The van der Waals surface area contributed by atoms with E-state index in [1.54, 1.807) is 4.90 Å². The zero-order valence-electron chi connectivity index (χ0n) is 20.5. The Morgan fingerprint density at radius 2 is 1.61 bits per heavy atom. The van der Waals surface area contributed by atoms with Gasteiger partial charge in [0.1, 0.15) is 11.3 Å². The maximum absolute atomic E-state index is 13.2. The van der Waals surface area contributed by atoms with Crippen molar-refractivity contribution in [1.29, 1.82) is 0 Å². The van der Waals surface area contributed by atoms with Crippen LogP contribution in [0.5, 0.6) is 0 Å². The molecule has 3 rings (SSSR count). The molecule has 0 saturated carbocycles. The number of nitrogens with zero attached hydrogens (tertiary/aromatic N) is 1. The van der Waals surface area contributed by atoms with Crippen molar-refractivity contribution < 1.29 is 19.0 Å². The van der Waals surface area contributed by atoms with Gasteiger partial charge in [0, 0.05) is 0 Å². The van der Waals surface area contributed by atoms with Crippen molar-refractivity contribution in [3.63, 3.8) is 0 Å². The van der Waals surface area contributed by atoms with Crippen LogP contribution < -0.4 is 0 Å². The minimum atomic E-state index is -0.794. The fourth-order valence-corrected chi connectivity index (χ4v) is 4.22. The lowest BCUT2D eigenvalue weighted by Gasteiger charge is -2.35. The van der Waals surface area contributed by atoms with Crippen LogP contribution in [0.1, 0.15) is 52.2 Å². The third-order valence-corrected chi connectivity index (χ3v) is 5.57. The van der Waals surface area contributed by atoms with Crippen LogP contribution in [-0.4, -0.2) is 41.1 Å². The number of hydrogen-bond donors (Lipinski definition) is 0. The molecule has 1 aliphatic rings. The molecule has 0 radical (unpaired) electrons. The van der Waals surface area contributed by atoms with Gasteiger partial charge >= 0.3 is 6.09 Å². The molecule has 1 saturated heterocycles. The van der Waals surface area contributed by atoms with Crippen molar-refractivity contribution in [1.82, 2.24) is 4.90 Å². The number of carbonyl (C=O) groups excluding carboxylic acids is 1. The van der Waals surface area contributed by atoms with E-state index in [0.717, 1.165) is 16.7 Å². The Labute approximate surface area is 198 Å². The van der Waals surface area contributed by atoms with Gasteiger partial charge in [0.2, 0.25) is 0 Å². The summed E-state index contributed by atoms with van der Waals surface area (Å²) >= 11 is 0. The molecule has 0 aromatic heterocycles. The monoisotopic (exact) mass is 451 g/mol. The second kappa shape index (κ2) is 10.5. The average Bonchev–Trinajstić information content (AvgIpc) is 2.97. The number of carbonyl (C=O) groups is 1. The molecule has 5 heteroatoms. The molecule has 2 aromatic rings. The summed E-state index contributed by atoms with van der Waals surface area (Å²) in [6, 6.07) is 20.1. The van der Waals surface area contributed by atoms with Gasteiger partial charge in [0.25, 0.3) is 0 Å². The lowest BCUT2D eigenvalue weighted by atomic mass is 9.96. The van der Waals surface area contributed by atoms with Crippen LogP contribution in [-0.2, 0) is 27.2 Å². The van der Waals surface area contributed by atoms with E-state index in [0.29, 0.717) is 26.1 Å². The largest absolute Gasteiger partial charge is 0.444 e. The van der Waals surface area contributed by atoms with Gasteiger partial charge < -0.3 is 14.2 Å². The molecule has 1 fully saturated rings. The van der Waals surface area contributed by atoms with Crippen molar-refractivity contribution in [2.45, 2.75) is 77.5 Å². The Balaban J connectivity index is 1.72. The van der Waals surface area contributed by atoms with Crippen molar-refractivity contribution in [2.75, 3.05) is 6.61 Å². The Bertz CT molecular complexity index is 918. The van der Waals surface area contributed by atoms with Crippen molar-refractivity contribution in [3.8, 4) is 0 Å². The van der Waals surface area contributed by atoms with Crippen LogP contribution in [0.4, 0.5) is 4.79 Å². The van der Waals surface area contributed by atoms with Crippen molar-refractivity contribution in [3.05, 3.63) is 83.9 Å². The Morgan fingerprint density at radius 3 is 2.18 bits per heavy atom. The third-order valence-electron chi connectivity index (χ3n) is 5.57. The average molecular weight is 452 g/mol. The number of benzene rings is 2. The molecule has 0 N–H and O–H groups in total. The SMILES string of the molecule is C=C(COCc1ccccc1)C[C@@H]1OC(C)(C)N(C(=O)OC(C)(C)C)[C@H]1Cc1ccccc1. The minimum Gasteiger partial charge on any atom is -0.444 e. The van der Waals surface area contributed by atoms with Gasteiger partial charge in [-0.2, -0.15) is 0 Å². The lowest BCUT2D eigenvalue weighted by molar-refractivity contribution is -0.0788. The smallest absolute Gasteiger partial charge is 0.412 e. The van der Waals surface area contributed by atoms with Crippen LogP contribution >= 0.6 is 0 Å². The molecule has 178 valence electrons. The molecule has 0 unspecified atom stereocenters. The highest BCUT2D eigenvalue weighted by atomic mass is 16.6. The van der Waals surface area contributed by atoms with Gasteiger partial charge in [-0.15, -0.1) is 0 Å². The highest BCUT2D eigenvalue weighted by molar-refractivity contribution is 5.70. The second-order valence-electron chi connectivity index (χ2n) is 10.1. The van der Waals surface area contributed by atoms with Crippen molar-refractivity contribution in [2.24, 2.45) is 0 Å². The van der Waals surface area contributed by atoms with Crippen LogP contribution in [0.15, 0.2) is 72.8 Å². The van der Waals surface area contributed by atoms with Gasteiger partial charge in [0.05, 0.1) is 25.4 Å². The summed E-state index contributed by atoms with van der Waals surface area (Å²) in [5, 5.41) is 0. The van der Waals surface area contributed by atoms with Crippen LogP contribution in [0.25, 0.3) is 0 Å². The number of amides is 1. The molecule has 1 amide bonds. The predicted molar refractivity (Wildman–Crippen MR) is 131 cm³/mol. The summed E-state index contributed by atoms with van der Waals surface area (Å²) in [5.41, 5.74) is 1.83. The van der Waals surface area contributed by atoms with Crippen LogP contribution in [0.2, 0.25) is 0 Å². The normalized spacial score (nSPS) is 20.0. The molecule has 1 heterocycles. The quantitative estimate of drug-likeness (QED) is 0.453. The fourth-order valence-electron chi connectivity index (χ4n) is 4.22. The number of hydrogen-bond acceptors (Lipinski definition) is 4. The number of ether oxygens (including phenoxy) is 3. The summed E-state index contributed by atoms with van der Waals surface area (Å²) in [6.45, 7) is 14.7. The van der Waals surface area contributed by atoms with E-state index >= 15 is 0 Å². The minimum absolute atomic E-state index is 0.178. The Morgan fingerprint density at radius 1 is 1.03 bits per heavy atom. The fraction of sp³-hybridized carbons (Fsp3) is 0.464. The molecule has 2 aromatic carbocycles. The molecule has 0 spiro atoms. The third kappa shape index (κ3) is 7.18. The summed E-state index contributed by atoms with van der Waals surface area (Å²) in [4.78, 5) is 15.0. The first-order chi connectivity index (χ1) is 15.5. The predicted octanol–water partition coefficient (Wildman–Crippen LogP) is 6.13. The van der Waals surface area contributed by atoms with Gasteiger partial charge in [-0.3, -0.25) is 4.90 Å². The van der Waals surface area contributed by atoms with Gasteiger partial charge in [0.15, 0.2) is 0 Å². The first kappa shape index (κ1) is 25.0. The Kier molecular flexibility index (Phi) is 7.98. The van der Waals surface area contributed by atoms with Gasteiger partial charge in [-0.1, -0.05) is 67.2 Å². The van der Waals surface area contributed by atoms with E-state index < -0.39 is 11.3 Å². The van der Waals surface area contributed by atoms with E-state index in [1.165, 1.54) is 0 Å². The molecule has 2 atom stereocenters. The highest BCUT2D eigenvalue weighted by Gasteiger charge is 2.51. The van der Waals surface area contributed by atoms with E-state index in [2.05, 4.69) is 18.7 Å². The second-order valence-corrected chi connectivity index (χ2v) is 10.1. The van der Waals surface area contributed by atoms with E-state index in [-0.39, 0.29) is 18.2 Å². The summed E-state index contributed by atoms with van der Waals surface area (Å²) in [5.74, 6) is 0. The zero-order valence-corrected chi connectivity index (χ0v) is 20.5. The van der Waals surface area contributed by atoms with Crippen molar-refractivity contribution >= 4 is 6.09 Å². The van der Waals surface area contributed by atoms with Gasteiger partial charge in [-0.05, 0) is 64.2 Å². The molecule has 1 aliphatic heterocycles. The molecule has 5 nitrogen and oxygen atoms in total. The van der Waals surface area contributed by atoms with Crippen LogP contribution in [0, 0.1) is 0 Å². The summed E-state index contributed by atoms with van der Waals surface area (Å²) < 4.78 is 18.1. The topological polar surface area (TPSA) is 48.0 Å². The summed E-state index contributed by atoms with van der Waals surface area (Å²) in [6.07, 6.45) is 0.712. The maximum atomic E-state index is 13.2. The zero-order chi connectivity index (χ0) is 24.1. The standard InChI is InChI=1S/C28H37NO4/c1-21(19-31-20-23-15-11-8-12-16-23)17-25-24(18-22-13-9-7-10-14-22)29(28(5,6)32-25)26(30)33-27(2,3)4/h7-16,24-25H,1,17-20H2,2-6H3/t24-,25-/m0/s1. The van der Waals surface area contributed by atoms with Gasteiger partial charge in [-0.25, -0.2) is 4.79 Å². The van der Waals surface area contributed by atoms with E-state index in [4.69, 9.17) is 14.2 Å². The summed E-state index contributed by atoms with van der Waals surface area (Å²) in [7, 11) is 0. The highest BCUT2D eigenvalue weighted by Crippen LogP contribution is 2.37. The lowest BCUT2D eigenvalue weighted by Crippen LogP contribution is -2.51. The molecular formula is C28H37NO4. The molecule has 0 bridgehead atoms. The first-order valence-electron chi connectivity index (χ1n) is 11.6. The maximum Gasteiger partial charge on any atom is 0.412 e. The van der Waals surface area contributed by atoms with E-state index in [9.17, 15) is 4.79 Å². The van der Waals surface area contributed by atoms with Crippen LogP contribution in [0.3, 0.4) is 0 Å². The molecule has 33 heavy (non-hydrogen) atoms. The van der Waals surface area contributed by atoms with E-state index in [1.807, 2.05) is 83.1 Å². The Hall–Kier alpha value is -2.63. The number of rotatable bonds is 8.